The van der Waals surface area contributed by atoms with E-state index in [1.54, 1.807) is 48.5 Å². The molecule has 45 heavy (non-hydrogen) atoms. The maximum atomic E-state index is 13.6. The van der Waals surface area contributed by atoms with Crippen molar-refractivity contribution in [2.45, 2.75) is 13.5 Å². The number of amidine groups is 1. The molecule has 230 valence electrons. The van der Waals surface area contributed by atoms with Crippen molar-refractivity contribution in [2.75, 3.05) is 26.1 Å². The molecular formula is C33H30N4O7S. The van der Waals surface area contributed by atoms with E-state index in [4.69, 9.17) is 18.6 Å². The van der Waals surface area contributed by atoms with Gasteiger partial charge in [0.1, 0.15) is 11.5 Å². The number of carbonyl (C=O) groups excluding carboxylic acids is 2. The molecule has 1 fully saturated rings. The minimum Gasteiger partial charge on any atom is -0.502 e. The number of aromatic hydroxyl groups is 1. The lowest BCUT2D eigenvalue weighted by atomic mass is 10.2. The smallest absolute Gasteiger partial charge is 0.267 e. The van der Waals surface area contributed by atoms with Crippen LogP contribution in [0.1, 0.15) is 22.5 Å². The Hall–Kier alpha value is -5.49. The van der Waals surface area contributed by atoms with Gasteiger partial charge in [0.05, 0.1) is 38.1 Å². The maximum Gasteiger partial charge on any atom is 0.267 e. The molecule has 0 aliphatic carbocycles. The van der Waals surface area contributed by atoms with Crippen LogP contribution in [0.3, 0.4) is 0 Å². The molecule has 0 bridgehead atoms. The van der Waals surface area contributed by atoms with Crippen molar-refractivity contribution in [3.63, 3.8) is 0 Å². The summed E-state index contributed by atoms with van der Waals surface area (Å²) in [5.41, 5.74) is 2.94. The molecule has 1 saturated heterocycles. The maximum absolute atomic E-state index is 13.6. The van der Waals surface area contributed by atoms with Crippen molar-refractivity contribution in [2.24, 2.45) is 10.2 Å². The number of amides is 2. The largest absolute Gasteiger partial charge is 0.502 e. The van der Waals surface area contributed by atoms with Gasteiger partial charge >= 0.3 is 0 Å². The van der Waals surface area contributed by atoms with Gasteiger partial charge in [0.25, 0.3) is 11.8 Å². The Morgan fingerprint density at radius 1 is 1.02 bits per heavy atom. The lowest BCUT2D eigenvalue weighted by molar-refractivity contribution is -0.122. The Morgan fingerprint density at radius 2 is 1.76 bits per heavy atom. The first kappa shape index (κ1) is 31.0. The van der Waals surface area contributed by atoms with Crippen molar-refractivity contribution in [3.05, 3.63) is 106 Å². The van der Waals surface area contributed by atoms with Gasteiger partial charge in [0, 0.05) is 16.8 Å². The summed E-state index contributed by atoms with van der Waals surface area (Å²) < 4.78 is 21.7. The first-order chi connectivity index (χ1) is 21.8. The summed E-state index contributed by atoms with van der Waals surface area (Å²) in [6, 6.07) is 21.3. The van der Waals surface area contributed by atoms with Crippen LogP contribution in [0, 0.1) is 6.92 Å². The molecule has 0 atom stereocenters. The summed E-state index contributed by atoms with van der Waals surface area (Å²) >= 11 is 1.14. The third-order valence-corrected chi connectivity index (χ3v) is 7.53. The number of phenols is 1. The van der Waals surface area contributed by atoms with E-state index in [9.17, 15) is 14.7 Å². The zero-order valence-electron chi connectivity index (χ0n) is 24.7. The van der Waals surface area contributed by atoms with Crippen molar-refractivity contribution in [3.8, 4) is 23.0 Å². The van der Waals surface area contributed by atoms with E-state index in [0.29, 0.717) is 38.4 Å². The van der Waals surface area contributed by atoms with Gasteiger partial charge in [-0.2, -0.15) is 5.10 Å². The standard InChI is InChI=1S/C33H30N4O7S/c1-21-10-12-24(13-11-21)35-30(38)20-44-26-9-5-4-7-23(26)17-29-32(40)37(19-25-8-6-14-43-25)33(45-29)36-34-18-22-15-27(41-2)31(39)28(16-22)42-3/h4-18,39H,19-20H2,1-3H3,(H,35,38)/b29-17-,34-18+,36-33-. The Morgan fingerprint density at radius 3 is 2.44 bits per heavy atom. The van der Waals surface area contributed by atoms with E-state index >= 15 is 0 Å². The quantitative estimate of drug-likeness (QED) is 0.121. The number of aryl methyl sites for hydroxylation is 1. The SMILES string of the molecule is COc1cc(/C=N/N=C2\S/C(=C\c3ccccc3OCC(=O)Nc3ccc(C)cc3)C(=O)N2Cc2ccco2)cc(OC)c1O. The van der Waals surface area contributed by atoms with Crippen LogP contribution in [0.4, 0.5) is 5.69 Å². The van der Waals surface area contributed by atoms with E-state index in [1.165, 1.54) is 31.6 Å². The van der Waals surface area contributed by atoms with Crippen molar-refractivity contribution < 1.29 is 33.3 Å². The molecule has 1 aliphatic heterocycles. The molecule has 5 rings (SSSR count). The fourth-order valence-electron chi connectivity index (χ4n) is 4.26. The zero-order chi connectivity index (χ0) is 31.8. The number of carbonyl (C=O) groups is 2. The molecule has 2 N–H and O–H groups in total. The van der Waals surface area contributed by atoms with Crippen LogP contribution in [-0.4, -0.2) is 54.0 Å². The number of para-hydroxylation sites is 1. The van der Waals surface area contributed by atoms with Gasteiger partial charge in [-0.15, -0.1) is 5.10 Å². The minimum atomic E-state index is -0.312. The number of anilines is 1. The monoisotopic (exact) mass is 626 g/mol. The molecule has 11 nitrogen and oxygen atoms in total. The Labute approximate surface area is 263 Å². The molecule has 12 heteroatoms. The number of hydrogen-bond donors (Lipinski definition) is 2. The van der Waals surface area contributed by atoms with Gasteiger partial charge in [0.15, 0.2) is 23.3 Å². The predicted molar refractivity (Wildman–Crippen MR) is 173 cm³/mol. The highest BCUT2D eigenvalue weighted by Gasteiger charge is 2.34. The van der Waals surface area contributed by atoms with Crippen molar-refractivity contribution >= 4 is 46.7 Å². The first-order valence-electron chi connectivity index (χ1n) is 13.7. The zero-order valence-corrected chi connectivity index (χ0v) is 25.5. The van der Waals surface area contributed by atoms with E-state index < -0.39 is 0 Å². The molecule has 0 saturated carbocycles. The van der Waals surface area contributed by atoms with Gasteiger partial charge in [-0.25, -0.2) is 0 Å². The van der Waals surface area contributed by atoms with Crippen molar-refractivity contribution in [1.29, 1.82) is 0 Å². The average Bonchev–Trinajstić information content (AvgIpc) is 3.66. The van der Waals surface area contributed by atoms with Crippen LogP contribution < -0.4 is 19.5 Å². The number of thioether (sulfide) groups is 1. The summed E-state index contributed by atoms with van der Waals surface area (Å²) in [5.74, 6) is 0.695. The molecule has 3 aromatic carbocycles. The van der Waals surface area contributed by atoms with Crippen molar-refractivity contribution in [1.82, 2.24) is 4.90 Å². The fraction of sp³-hybridized carbons (Fsp3) is 0.152. The highest BCUT2D eigenvalue weighted by Crippen LogP contribution is 2.37. The molecule has 0 spiro atoms. The molecule has 1 aliphatic rings. The lowest BCUT2D eigenvalue weighted by Crippen LogP contribution is -2.28. The number of ether oxygens (including phenoxy) is 3. The van der Waals surface area contributed by atoms with Crippen LogP contribution >= 0.6 is 11.8 Å². The van der Waals surface area contributed by atoms with E-state index in [1.807, 2.05) is 37.3 Å². The highest BCUT2D eigenvalue weighted by molar-refractivity contribution is 8.18. The summed E-state index contributed by atoms with van der Waals surface area (Å²) in [5, 5.41) is 21.8. The van der Waals surface area contributed by atoms with Crippen LogP contribution in [0.25, 0.3) is 6.08 Å². The van der Waals surface area contributed by atoms with Crippen LogP contribution in [0.2, 0.25) is 0 Å². The number of methoxy groups -OCH3 is 2. The second kappa shape index (κ2) is 14.3. The first-order valence-corrected chi connectivity index (χ1v) is 14.5. The average molecular weight is 627 g/mol. The van der Waals surface area contributed by atoms with Gasteiger partial charge < -0.3 is 29.1 Å². The van der Waals surface area contributed by atoms with Gasteiger partial charge in [-0.1, -0.05) is 35.9 Å². The fourth-order valence-corrected chi connectivity index (χ4v) is 5.19. The second-order valence-corrected chi connectivity index (χ2v) is 10.7. The normalized spacial score (nSPS) is 14.8. The number of benzene rings is 3. The summed E-state index contributed by atoms with van der Waals surface area (Å²) in [4.78, 5) is 28.0. The number of phenolic OH excluding ortho intramolecular Hbond substituents is 1. The molecule has 0 radical (unpaired) electrons. The van der Waals surface area contributed by atoms with Gasteiger partial charge in [-0.3, -0.25) is 14.5 Å². The number of hydrogen-bond acceptors (Lipinski definition) is 10. The van der Waals surface area contributed by atoms with Crippen LogP contribution in [-0.2, 0) is 16.1 Å². The van der Waals surface area contributed by atoms with Crippen LogP contribution in [0.5, 0.6) is 23.0 Å². The Kier molecular flexibility index (Phi) is 9.85. The summed E-state index contributed by atoms with van der Waals surface area (Å²) in [7, 11) is 2.86. The third-order valence-electron chi connectivity index (χ3n) is 6.53. The van der Waals surface area contributed by atoms with E-state index in [-0.39, 0.29) is 42.2 Å². The Bertz CT molecular complexity index is 1740. The third kappa shape index (κ3) is 7.73. The molecule has 2 heterocycles. The topological polar surface area (TPSA) is 135 Å². The number of nitrogens with one attached hydrogen (secondary N) is 1. The molecule has 2 amide bonds. The van der Waals surface area contributed by atoms with E-state index in [0.717, 1.165) is 17.3 Å². The second-order valence-electron chi connectivity index (χ2n) is 9.72. The van der Waals surface area contributed by atoms with Gasteiger partial charge in [0.2, 0.25) is 5.75 Å². The molecular weight excluding hydrogens is 596 g/mol. The highest BCUT2D eigenvalue weighted by atomic mass is 32.2. The Balaban J connectivity index is 1.36. The minimum absolute atomic E-state index is 0.129. The van der Waals surface area contributed by atoms with E-state index in [2.05, 4.69) is 15.5 Å². The number of nitrogens with zero attached hydrogens (tertiary/aromatic N) is 3. The molecule has 4 aromatic rings. The summed E-state index contributed by atoms with van der Waals surface area (Å²) in [6.45, 7) is 1.90. The molecule has 0 unspecified atom stereocenters. The lowest BCUT2D eigenvalue weighted by Gasteiger charge is -2.13. The number of rotatable bonds is 11. The van der Waals surface area contributed by atoms with Gasteiger partial charge in [-0.05, 0) is 67.2 Å². The molecule has 1 aromatic heterocycles. The predicted octanol–water partition coefficient (Wildman–Crippen LogP) is 5.83. The number of furan rings is 1. The summed E-state index contributed by atoms with van der Waals surface area (Å²) in [6.07, 6.45) is 4.68. The van der Waals surface area contributed by atoms with Crippen LogP contribution in [0.15, 0.2) is 98.6 Å².